The number of hydrogen-bond acceptors (Lipinski definition) is 3. The van der Waals surface area contributed by atoms with E-state index in [1.165, 1.54) is 0 Å². The molecule has 1 fully saturated rings. The quantitative estimate of drug-likeness (QED) is 0.909. The van der Waals surface area contributed by atoms with Gasteiger partial charge in [-0.2, -0.15) is 0 Å². The van der Waals surface area contributed by atoms with Crippen molar-refractivity contribution >= 4 is 17.6 Å². The maximum absolute atomic E-state index is 10.7. The Morgan fingerprint density at radius 3 is 3.11 bits per heavy atom. The summed E-state index contributed by atoms with van der Waals surface area (Å²) in [5.74, 6) is -0.815. The number of ether oxygens (including phenoxy) is 1. The van der Waals surface area contributed by atoms with Crippen LogP contribution in [0.1, 0.15) is 12.0 Å². The van der Waals surface area contributed by atoms with Crippen molar-refractivity contribution in [2.45, 2.75) is 19.1 Å². The summed E-state index contributed by atoms with van der Waals surface area (Å²) in [6.45, 7) is 2.83. The molecule has 1 atom stereocenters. The van der Waals surface area contributed by atoms with Gasteiger partial charge in [-0.05, 0) is 17.7 Å². The van der Waals surface area contributed by atoms with E-state index in [1.54, 1.807) is 0 Å². The van der Waals surface area contributed by atoms with Crippen LogP contribution < -0.4 is 0 Å². The van der Waals surface area contributed by atoms with Crippen LogP contribution in [0.3, 0.4) is 0 Å². The van der Waals surface area contributed by atoms with Crippen LogP contribution in [0.25, 0.3) is 0 Å². The van der Waals surface area contributed by atoms with Crippen molar-refractivity contribution in [2.24, 2.45) is 0 Å². The summed E-state index contributed by atoms with van der Waals surface area (Å²) in [4.78, 5) is 12.9. The molecule has 98 valence electrons. The predicted molar refractivity (Wildman–Crippen MR) is 68.7 cm³/mol. The molecule has 0 aliphatic carbocycles. The van der Waals surface area contributed by atoms with Crippen molar-refractivity contribution in [1.82, 2.24) is 4.90 Å². The Balaban J connectivity index is 1.91. The van der Waals surface area contributed by atoms with Gasteiger partial charge in [0.25, 0.3) is 0 Å². The van der Waals surface area contributed by atoms with Gasteiger partial charge in [-0.1, -0.05) is 23.7 Å². The zero-order chi connectivity index (χ0) is 13.0. The number of carboxylic acids is 1. The normalized spacial score (nSPS) is 20.8. The lowest BCUT2D eigenvalue weighted by molar-refractivity contribution is -0.142. The molecule has 1 saturated heterocycles. The van der Waals surface area contributed by atoms with Crippen LogP contribution in [-0.4, -0.2) is 41.8 Å². The first-order valence-electron chi connectivity index (χ1n) is 5.93. The van der Waals surface area contributed by atoms with E-state index in [1.807, 2.05) is 24.3 Å². The van der Waals surface area contributed by atoms with Crippen LogP contribution in [0, 0.1) is 0 Å². The average Bonchev–Trinajstić information content (AvgIpc) is 2.28. The van der Waals surface area contributed by atoms with Gasteiger partial charge in [0.15, 0.2) is 0 Å². The van der Waals surface area contributed by atoms with E-state index in [-0.39, 0.29) is 12.5 Å². The molecule has 4 nitrogen and oxygen atoms in total. The standard InChI is InChI=1S/C13H16ClNO3/c14-11-3-1-2-10(6-11)8-15-4-5-18-12(9-15)7-13(16)17/h1-3,6,12H,4-5,7-9H2,(H,16,17). The highest BCUT2D eigenvalue weighted by Crippen LogP contribution is 2.15. The second-order valence-electron chi connectivity index (χ2n) is 4.46. The highest BCUT2D eigenvalue weighted by atomic mass is 35.5. The summed E-state index contributed by atoms with van der Waals surface area (Å²) in [6, 6.07) is 7.72. The minimum absolute atomic E-state index is 0.0616. The molecule has 0 bridgehead atoms. The smallest absolute Gasteiger partial charge is 0.306 e. The molecule has 1 unspecified atom stereocenters. The molecule has 0 radical (unpaired) electrons. The van der Waals surface area contributed by atoms with Crippen molar-refractivity contribution in [3.8, 4) is 0 Å². The lowest BCUT2D eigenvalue weighted by Gasteiger charge is -2.32. The van der Waals surface area contributed by atoms with Gasteiger partial charge in [0.05, 0.1) is 19.1 Å². The number of carbonyl (C=O) groups is 1. The maximum Gasteiger partial charge on any atom is 0.306 e. The Morgan fingerprint density at radius 2 is 2.39 bits per heavy atom. The molecule has 0 saturated carbocycles. The number of aliphatic carboxylic acids is 1. The Bertz CT molecular complexity index is 424. The molecular formula is C13H16ClNO3. The van der Waals surface area contributed by atoms with Crippen LogP contribution in [0.15, 0.2) is 24.3 Å². The lowest BCUT2D eigenvalue weighted by Crippen LogP contribution is -2.42. The van der Waals surface area contributed by atoms with E-state index < -0.39 is 5.97 Å². The molecule has 1 aliphatic heterocycles. The maximum atomic E-state index is 10.7. The number of halogens is 1. The van der Waals surface area contributed by atoms with Gasteiger partial charge in [-0.3, -0.25) is 9.69 Å². The molecule has 5 heteroatoms. The number of morpholine rings is 1. The monoisotopic (exact) mass is 269 g/mol. The van der Waals surface area contributed by atoms with Crippen LogP contribution in [0.5, 0.6) is 0 Å². The van der Waals surface area contributed by atoms with Gasteiger partial charge in [0, 0.05) is 24.7 Å². The molecule has 1 aliphatic rings. The molecule has 1 N–H and O–H groups in total. The molecule has 0 aromatic heterocycles. The van der Waals surface area contributed by atoms with E-state index in [0.717, 1.165) is 23.7 Å². The molecule has 18 heavy (non-hydrogen) atoms. The Morgan fingerprint density at radius 1 is 1.56 bits per heavy atom. The summed E-state index contributed by atoms with van der Waals surface area (Å²) < 4.78 is 5.43. The van der Waals surface area contributed by atoms with E-state index in [0.29, 0.717) is 13.2 Å². The van der Waals surface area contributed by atoms with Crippen LogP contribution in [-0.2, 0) is 16.1 Å². The molecular weight excluding hydrogens is 254 g/mol. The summed E-state index contributed by atoms with van der Waals surface area (Å²) >= 11 is 5.94. The molecule has 2 rings (SSSR count). The zero-order valence-corrected chi connectivity index (χ0v) is 10.8. The number of benzene rings is 1. The van der Waals surface area contributed by atoms with Gasteiger partial charge in [-0.15, -0.1) is 0 Å². The predicted octanol–water partition coefficient (Wildman–Crippen LogP) is 2.02. The van der Waals surface area contributed by atoms with Gasteiger partial charge >= 0.3 is 5.97 Å². The van der Waals surface area contributed by atoms with Crippen molar-refractivity contribution in [1.29, 1.82) is 0 Å². The summed E-state index contributed by atoms with van der Waals surface area (Å²) in [7, 11) is 0. The molecule has 1 heterocycles. The van der Waals surface area contributed by atoms with E-state index >= 15 is 0 Å². The first-order valence-corrected chi connectivity index (χ1v) is 6.31. The van der Waals surface area contributed by atoms with Gasteiger partial charge in [0.2, 0.25) is 0 Å². The van der Waals surface area contributed by atoms with Crippen LogP contribution in [0.4, 0.5) is 0 Å². The molecule has 0 amide bonds. The number of rotatable bonds is 4. The summed E-state index contributed by atoms with van der Waals surface area (Å²) in [6.07, 6.45) is -0.151. The molecule has 0 spiro atoms. The minimum Gasteiger partial charge on any atom is -0.481 e. The largest absolute Gasteiger partial charge is 0.481 e. The van der Waals surface area contributed by atoms with Gasteiger partial charge < -0.3 is 9.84 Å². The first kappa shape index (κ1) is 13.3. The molecule has 1 aromatic rings. The van der Waals surface area contributed by atoms with E-state index in [9.17, 15) is 4.79 Å². The fourth-order valence-corrected chi connectivity index (χ4v) is 2.35. The summed E-state index contributed by atoms with van der Waals surface area (Å²) in [5, 5.41) is 9.49. The fourth-order valence-electron chi connectivity index (χ4n) is 2.14. The van der Waals surface area contributed by atoms with Crippen molar-refractivity contribution in [3.05, 3.63) is 34.9 Å². The van der Waals surface area contributed by atoms with E-state index in [2.05, 4.69) is 4.90 Å². The first-order chi connectivity index (χ1) is 8.63. The van der Waals surface area contributed by atoms with Crippen LogP contribution >= 0.6 is 11.6 Å². The topological polar surface area (TPSA) is 49.8 Å². The second kappa shape index (κ2) is 6.18. The lowest BCUT2D eigenvalue weighted by atomic mass is 10.1. The van der Waals surface area contributed by atoms with Gasteiger partial charge in [-0.25, -0.2) is 0 Å². The number of nitrogens with zero attached hydrogens (tertiary/aromatic N) is 1. The Kier molecular flexibility index (Phi) is 4.58. The van der Waals surface area contributed by atoms with E-state index in [4.69, 9.17) is 21.4 Å². The Labute approximate surface area is 111 Å². The fraction of sp³-hybridized carbons (Fsp3) is 0.462. The zero-order valence-electron chi connectivity index (χ0n) is 10.0. The number of hydrogen-bond donors (Lipinski definition) is 1. The van der Waals surface area contributed by atoms with Gasteiger partial charge in [0.1, 0.15) is 0 Å². The third-order valence-corrected chi connectivity index (χ3v) is 3.16. The highest BCUT2D eigenvalue weighted by molar-refractivity contribution is 6.30. The van der Waals surface area contributed by atoms with Crippen molar-refractivity contribution in [3.63, 3.8) is 0 Å². The van der Waals surface area contributed by atoms with Crippen molar-refractivity contribution in [2.75, 3.05) is 19.7 Å². The minimum atomic E-state index is -0.815. The third kappa shape index (κ3) is 3.98. The average molecular weight is 270 g/mol. The summed E-state index contributed by atoms with van der Waals surface area (Å²) in [5.41, 5.74) is 1.14. The highest BCUT2D eigenvalue weighted by Gasteiger charge is 2.22. The third-order valence-electron chi connectivity index (χ3n) is 2.92. The SMILES string of the molecule is O=C(O)CC1CN(Cc2cccc(Cl)c2)CCO1. The molecule has 1 aromatic carbocycles. The number of carboxylic acid groups (broad SMARTS) is 1. The van der Waals surface area contributed by atoms with Crippen LogP contribution in [0.2, 0.25) is 5.02 Å². The second-order valence-corrected chi connectivity index (χ2v) is 4.89. The van der Waals surface area contributed by atoms with Crippen molar-refractivity contribution < 1.29 is 14.6 Å². The Hall–Kier alpha value is -1.10.